The van der Waals surface area contributed by atoms with Crippen molar-refractivity contribution >= 4 is 16.5 Å². The van der Waals surface area contributed by atoms with Gasteiger partial charge >= 0.3 is 0 Å². The van der Waals surface area contributed by atoms with Crippen molar-refractivity contribution < 1.29 is 0 Å². The molecule has 3 nitrogen and oxygen atoms in total. The molecule has 1 unspecified atom stereocenters. The van der Waals surface area contributed by atoms with Crippen LogP contribution in [-0.2, 0) is 6.54 Å². The number of thiazole rings is 1. The molecule has 0 bridgehead atoms. The maximum Gasteiger partial charge on any atom is 0.185 e. The topological polar surface area (TPSA) is 28.2 Å². The Hall–Kier alpha value is -0.610. The third-order valence-electron chi connectivity index (χ3n) is 3.27. The van der Waals surface area contributed by atoms with Crippen molar-refractivity contribution in [2.45, 2.75) is 59.5 Å². The zero-order valence-corrected chi connectivity index (χ0v) is 13.0. The normalized spacial score (nSPS) is 12.7. The van der Waals surface area contributed by atoms with E-state index >= 15 is 0 Å². The summed E-state index contributed by atoms with van der Waals surface area (Å²) in [7, 11) is 0. The average molecular weight is 269 g/mol. The molecule has 1 N–H and O–H groups in total. The van der Waals surface area contributed by atoms with Crippen LogP contribution in [0.1, 0.15) is 51.8 Å². The second kappa shape index (κ2) is 8.48. The van der Waals surface area contributed by atoms with E-state index in [1.807, 2.05) is 17.5 Å². The highest BCUT2D eigenvalue weighted by molar-refractivity contribution is 7.15. The summed E-state index contributed by atoms with van der Waals surface area (Å²) >= 11 is 1.81. The Morgan fingerprint density at radius 1 is 1.28 bits per heavy atom. The molecule has 0 radical (unpaired) electrons. The minimum absolute atomic E-state index is 0.647. The van der Waals surface area contributed by atoms with Crippen molar-refractivity contribution in [1.29, 1.82) is 0 Å². The lowest BCUT2D eigenvalue weighted by Gasteiger charge is -2.16. The minimum atomic E-state index is 0.647. The minimum Gasteiger partial charge on any atom is -0.349 e. The van der Waals surface area contributed by atoms with Crippen LogP contribution in [0.4, 0.5) is 5.13 Å². The van der Waals surface area contributed by atoms with Crippen LogP contribution in [0.3, 0.4) is 0 Å². The van der Waals surface area contributed by atoms with Crippen LogP contribution in [0, 0.1) is 0 Å². The molecule has 0 saturated heterocycles. The molecule has 1 aromatic heterocycles. The highest BCUT2D eigenvalue weighted by Crippen LogP contribution is 2.22. The summed E-state index contributed by atoms with van der Waals surface area (Å²) in [6, 6.07) is 0.647. The fourth-order valence-corrected chi connectivity index (χ4v) is 3.05. The first kappa shape index (κ1) is 15.4. The van der Waals surface area contributed by atoms with E-state index in [0.29, 0.717) is 6.04 Å². The Balaban J connectivity index is 2.48. The number of nitrogens with zero attached hydrogens (tertiary/aromatic N) is 2. The Kier molecular flexibility index (Phi) is 7.28. The summed E-state index contributed by atoms with van der Waals surface area (Å²) < 4.78 is 0. The van der Waals surface area contributed by atoms with Crippen LogP contribution in [0.5, 0.6) is 0 Å². The smallest absolute Gasteiger partial charge is 0.185 e. The molecule has 1 atom stereocenters. The van der Waals surface area contributed by atoms with Gasteiger partial charge in [0.05, 0.1) is 0 Å². The average Bonchev–Trinajstić information content (AvgIpc) is 2.85. The Labute approximate surface area is 116 Å². The van der Waals surface area contributed by atoms with Crippen LogP contribution in [0.25, 0.3) is 0 Å². The van der Waals surface area contributed by atoms with Gasteiger partial charge in [0.1, 0.15) is 0 Å². The summed E-state index contributed by atoms with van der Waals surface area (Å²) in [5.74, 6) is 0. The molecule has 0 aliphatic carbocycles. The Morgan fingerprint density at radius 2 is 2.00 bits per heavy atom. The lowest BCUT2D eigenvalue weighted by Crippen LogP contribution is -2.27. The van der Waals surface area contributed by atoms with Gasteiger partial charge in [-0.15, -0.1) is 11.3 Å². The largest absolute Gasteiger partial charge is 0.349 e. The fourth-order valence-electron chi connectivity index (χ4n) is 2.06. The molecule has 18 heavy (non-hydrogen) atoms. The summed E-state index contributed by atoms with van der Waals surface area (Å²) in [6.45, 7) is 11.9. The first-order chi connectivity index (χ1) is 8.74. The van der Waals surface area contributed by atoms with Crippen molar-refractivity contribution in [1.82, 2.24) is 10.3 Å². The molecule has 0 amide bonds. The second-order valence-corrected chi connectivity index (χ2v) is 5.65. The molecule has 0 fully saturated rings. The molecule has 0 saturated carbocycles. The van der Waals surface area contributed by atoms with Crippen LogP contribution in [0.15, 0.2) is 6.20 Å². The van der Waals surface area contributed by atoms with Gasteiger partial charge in [0.25, 0.3) is 0 Å². The molecule has 1 aromatic rings. The van der Waals surface area contributed by atoms with Crippen molar-refractivity contribution in [2.75, 3.05) is 18.0 Å². The molecule has 0 aliphatic rings. The van der Waals surface area contributed by atoms with E-state index in [0.717, 1.165) is 24.8 Å². The van der Waals surface area contributed by atoms with Crippen molar-refractivity contribution in [3.8, 4) is 0 Å². The molecule has 0 aromatic carbocycles. The zero-order valence-electron chi connectivity index (χ0n) is 12.2. The van der Waals surface area contributed by atoms with E-state index in [1.165, 1.54) is 24.1 Å². The van der Waals surface area contributed by atoms with Gasteiger partial charge in [-0.25, -0.2) is 4.98 Å². The van der Waals surface area contributed by atoms with E-state index in [-0.39, 0.29) is 0 Å². The highest BCUT2D eigenvalue weighted by Gasteiger charge is 2.09. The number of rotatable bonds is 9. The summed E-state index contributed by atoms with van der Waals surface area (Å²) in [5, 5.41) is 4.78. The summed E-state index contributed by atoms with van der Waals surface area (Å²) in [5.41, 5.74) is 0. The van der Waals surface area contributed by atoms with E-state index in [9.17, 15) is 0 Å². The second-order valence-electron chi connectivity index (χ2n) is 4.56. The molecular formula is C14H27N3S. The predicted molar refractivity (Wildman–Crippen MR) is 81.5 cm³/mol. The van der Waals surface area contributed by atoms with Crippen LogP contribution in [-0.4, -0.2) is 24.1 Å². The lowest BCUT2D eigenvalue weighted by atomic mass is 10.1. The van der Waals surface area contributed by atoms with Gasteiger partial charge in [-0.05, 0) is 26.7 Å². The van der Waals surface area contributed by atoms with Gasteiger partial charge in [-0.1, -0.05) is 20.3 Å². The SMILES string of the molecule is CCCC(CC)NCc1cnc(N(CC)CC)s1. The number of nitrogens with one attached hydrogen (secondary N) is 1. The molecule has 4 heteroatoms. The number of anilines is 1. The van der Waals surface area contributed by atoms with Gasteiger partial charge < -0.3 is 10.2 Å². The zero-order chi connectivity index (χ0) is 13.4. The molecule has 0 aliphatic heterocycles. The van der Waals surface area contributed by atoms with Crippen molar-refractivity contribution in [3.63, 3.8) is 0 Å². The highest BCUT2D eigenvalue weighted by atomic mass is 32.1. The molecule has 1 rings (SSSR count). The predicted octanol–water partition coefficient (Wildman–Crippen LogP) is 3.66. The van der Waals surface area contributed by atoms with Gasteiger partial charge in [0, 0.05) is 36.8 Å². The molecule has 1 heterocycles. The maximum atomic E-state index is 4.51. The first-order valence-electron chi connectivity index (χ1n) is 7.18. The van der Waals surface area contributed by atoms with Crippen molar-refractivity contribution in [3.05, 3.63) is 11.1 Å². The summed E-state index contributed by atoms with van der Waals surface area (Å²) in [6.07, 6.45) is 5.73. The molecular weight excluding hydrogens is 242 g/mol. The maximum absolute atomic E-state index is 4.51. The summed E-state index contributed by atoms with van der Waals surface area (Å²) in [4.78, 5) is 8.15. The number of aromatic nitrogens is 1. The van der Waals surface area contributed by atoms with Crippen LogP contribution >= 0.6 is 11.3 Å². The van der Waals surface area contributed by atoms with E-state index in [4.69, 9.17) is 0 Å². The number of hydrogen-bond acceptors (Lipinski definition) is 4. The standard InChI is InChI=1S/C14H27N3S/c1-5-9-12(6-2)15-10-13-11-16-14(18-13)17(7-3)8-4/h11-12,15H,5-10H2,1-4H3. The third-order valence-corrected chi connectivity index (χ3v) is 4.33. The molecule has 0 spiro atoms. The quantitative estimate of drug-likeness (QED) is 0.741. The van der Waals surface area contributed by atoms with Crippen molar-refractivity contribution in [2.24, 2.45) is 0 Å². The number of hydrogen-bond donors (Lipinski definition) is 1. The van der Waals surface area contributed by atoms with E-state index in [1.54, 1.807) is 0 Å². The monoisotopic (exact) mass is 269 g/mol. The van der Waals surface area contributed by atoms with Gasteiger partial charge in [-0.2, -0.15) is 0 Å². The lowest BCUT2D eigenvalue weighted by molar-refractivity contribution is 0.464. The van der Waals surface area contributed by atoms with Crippen LogP contribution in [0.2, 0.25) is 0 Å². The van der Waals surface area contributed by atoms with Gasteiger partial charge in [0.15, 0.2) is 5.13 Å². The van der Waals surface area contributed by atoms with Gasteiger partial charge in [0.2, 0.25) is 0 Å². The Morgan fingerprint density at radius 3 is 2.56 bits per heavy atom. The van der Waals surface area contributed by atoms with E-state index < -0.39 is 0 Å². The Bertz CT molecular complexity index is 321. The molecule has 104 valence electrons. The van der Waals surface area contributed by atoms with Crippen LogP contribution < -0.4 is 10.2 Å². The van der Waals surface area contributed by atoms with Gasteiger partial charge in [-0.3, -0.25) is 0 Å². The van der Waals surface area contributed by atoms with E-state index in [2.05, 4.69) is 42.9 Å². The third kappa shape index (κ3) is 4.58. The fraction of sp³-hybridized carbons (Fsp3) is 0.786. The first-order valence-corrected chi connectivity index (χ1v) is 7.99.